The fourth-order valence-corrected chi connectivity index (χ4v) is 1.30. The van der Waals surface area contributed by atoms with Crippen molar-refractivity contribution < 1.29 is 4.74 Å². The average molecular weight is 212 g/mol. The van der Waals surface area contributed by atoms with Crippen molar-refractivity contribution in [2.75, 3.05) is 12.5 Å². The van der Waals surface area contributed by atoms with Gasteiger partial charge >= 0.3 is 0 Å². The Morgan fingerprint density at radius 1 is 1.50 bits per heavy atom. The Morgan fingerprint density at radius 2 is 2.17 bits per heavy atom. The first kappa shape index (κ1) is 12.5. The fraction of sp³-hybridized carbons (Fsp3) is 0.889. The number of unbranched alkanes of at least 4 members (excludes halogenated alkanes) is 1. The summed E-state index contributed by atoms with van der Waals surface area (Å²) in [6.07, 6.45) is 2.83. The lowest BCUT2D eigenvalue weighted by Crippen LogP contribution is -2.22. The molecule has 0 aliphatic rings. The summed E-state index contributed by atoms with van der Waals surface area (Å²) in [5.41, 5.74) is 0. The first-order valence-corrected chi connectivity index (χ1v) is 5.34. The molecule has 0 N–H and O–H groups in total. The largest absolute Gasteiger partial charge is 0.377 e. The number of hydrogen-bond acceptors (Lipinski definition) is 1. The zero-order valence-electron chi connectivity index (χ0n) is 7.56. The maximum atomic E-state index is 5.94. The van der Waals surface area contributed by atoms with E-state index in [-0.39, 0.29) is 11.5 Å². The van der Waals surface area contributed by atoms with Crippen LogP contribution in [-0.4, -0.2) is 24.0 Å². The van der Waals surface area contributed by atoms with Crippen LogP contribution in [0.5, 0.6) is 0 Å². The van der Waals surface area contributed by atoms with Crippen LogP contribution in [0.2, 0.25) is 0 Å². The van der Waals surface area contributed by atoms with Gasteiger partial charge in [-0.2, -0.15) is 0 Å². The minimum Gasteiger partial charge on any atom is -0.377 e. The van der Waals surface area contributed by atoms with E-state index in [2.05, 4.69) is 13.8 Å². The first-order chi connectivity index (χ1) is 5.72. The lowest BCUT2D eigenvalue weighted by Gasteiger charge is -2.17. The summed E-state index contributed by atoms with van der Waals surface area (Å²) < 4.78 is 5.40. The summed E-state index contributed by atoms with van der Waals surface area (Å²) in [6, 6.07) is 0. The van der Waals surface area contributed by atoms with Gasteiger partial charge in [0.25, 0.3) is 0 Å². The van der Waals surface area contributed by atoms with E-state index in [1.54, 1.807) is 0 Å². The Balaban J connectivity index is 3.35. The Hall–Kier alpha value is 0.540. The predicted molar refractivity (Wildman–Crippen MR) is 55.0 cm³/mol. The van der Waals surface area contributed by atoms with E-state index >= 15 is 0 Å². The lowest BCUT2D eigenvalue weighted by molar-refractivity contribution is 0.0776. The Morgan fingerprint density at radius 3 is 2.67 bits per heavy atom. The number of ether oxygens (including phenoxy) is 1. The van der Waals surface area contributed by atoms with Gasteiger partial charge in [-0.25, -0.2) is 0 Å². The highest BCUT2D eigenvalue weighted by molar-refractivity contribution is 6.22. The van der Waals surface area contributed by atoms with Crippen molar-refractivity contribution in [2.45, 2.75) is 37.7 Å². The van der Waals surface area contributed by atoms with Crippen molar-refractivity contribution in [3.8, 4) is 0 Å². The molecule has 0 saturated heterocycles. The van der Waals surface area contributed by atoms with E-state index in [0.29, 0.717) is 5.88 Å². The summed E-state index contributed by atoms with van der Waals surface area (Å²) in [6.45, 7) is 6.69. The molecule has 1 radical (unpaired) electrons. The second-order valence-electron chi connectivity index (χ2n) is 2.76. The van der Waals surface area contributed by atoms with Gasteiger partial charge in [-0.3, -0.25) is 0 Å². The highest BCUT2D eigenvalue weighted by Crippen LogP contribution is 2.11. The van der Waals surface area contributed by atoms with Crippen molar-refractivity contribution >= 4 is 23.2 Å². The zero-order chi connectivity index (χ0) is 9.40. The predicted octanol–water partition coefficient (Wildman–Crippen LogP) is 3.24. The summed E-state index contributed by atoms with van der Waals surface area (Å²) in [7, 11) is 0. The lowest BCUT2D eigenvalue weighted by atomic mass is 10.2. The fourth-order valence-electron chi connectivity index (χ4n) is 0.774. The van der Waals surface area contributed by atoms with E-state index in [1.807, 2.05) is 0 Å². The molecule has 0 rings (SSSR count). The topological polar surface area (TPSA) is 9.23 Å². The molecule has 1 nitrogen and oxygen atoms in total. The zero-order valence-corrected chi connectivity index (χ0v) is 9.07. The quantitative estimate of drug-likeness (QED) is 0.465. The van der Waals surface area contributed by atoms with Gasteiger partial charge in [-0.05, 0) is 19.8 Å². The van der Waals surface area contributed by atoms with Crippen LogP contribution in [0.25, 0.3) is 0 Å². The second-order valence-corrected chi connectivity index (χ2v) is 3.69. The van der Waals surface area contributed by atoms with Crippen LogP contribution in [0, 0.1) is 6.92 Å². The van der Waals surface area contributed by atoms with Crippen molar-refractivity contribution in [3.63, 3.8) is 0 Å². The third-order valence-corrected chi connectivity index (χ3v) is 2.34. The molecule has 0 saturated carbocycles. The molecule has 0 aromatic heterocycles. The molecule has 0 fully saturated rings. The Bertz CT molecular complexity index is 98.5. The molecule has 0 aliphatic carbocycles. The van der Waals surface area contributed by atoms with E-state index in [0.717, 1.165) is 25.9 Å². The molecular weight excluding hydrogens is 195 g/mol. The highest BCUT2D eigenvalue weighted by Gasteiger charge is 2.13. The number of halogens is 2. The molecular formula is C9H17Cl2O. The minimum absolute atomic E-state index is 0.0562. The van der Waals surface area contributed by atoms with Gasteiger partial charge in [0.05, 0.1) is 11.5 Å². The summed E-state index contributed by atoms with van der Waals surface area (Å²) in [5, 5.41) is -0.0562. The monoisotopic (exact) mass is 211 g/mol. The van der Waals surface area contributed by atoms with Crippen LogP contribution in [-0.2, 0) is 4.74 Å². The molecule has 2 unspecified atom stereocenters. The standard InChI is InChI=1S/C9H17Cl2O/c1-3-4-7-12-8(2)9(11)5-6-10/h8-9H,2-7H2,1H3. The van der Waals surface area contributed by atoms with Crippen LogP contribution >= 0.6 is 23.2 Å². The molecule has 0 heterocycles. The van der Waals surface area contributed by atoms with Crippen LogP contribution in [0.3, 0.4) is 0 Å². The Kier molecular flexibility index (Phi) is 8.52. The average Bonchev–Trinajstić information content (AvgIpc) is 2.05. The smallest absolute Gasteiger partial charge is 0.0739 e. The van der Waals surface area contributed by atoms with Gasteiger partial charge in [0.15, 0.2) is 0 Å². The number of rotatable bonds is 7. The maximum absolute atomic E-state index is 5.94. The number of hydrogen-bond donors (Lipinski definition) is 0. The van der Waals surface area contributed by atoms with E-state index in [9.17, 15) is 0 Å². The van der Waals surface area contributed by atoms with Crippen LogP contribution in [0.4, 0.5) is 0 Å². The van der Waals surface area contributed by atoms with E-state index in [1.165, 1.54) is 0 Å². The van der Waals surface area contributed by atoms with Crippen molar-refractivity contribution in [1.82, 2.24) is 0 Å². The van der Waals surface area contributed by atoms with E-state index < -0.39 is 0 Å². The molecule has 0 spiro atoms. The molecule has 0 amide bonds. The normalized spacial score (nSPS) is 16.0. The molecule has 73 valence electrons. The van der Waals surface area contributed by atoms with Gasteiger partial charge in [-0.1, -0.05) is 13.3 Å². The number of alkyl halides is 2. The second kappa shape index (κ2) is 8.15. The molecule has 0 bridgehead atoms. The summed E-state index contributed by atoms with van der Waals surface area (Å²) in [4.78, 5) is 0. The molecule has 3 heteroatoms. The molecule has 0 aromatic carbocycles. The summed E-state index contributed by atoms with van der Waals surface area (Å²) >= 11 is 11.5. The van der Waals surface area contributed by atoms with E-state index in [4.69, 9.17) is 27.9 Å². The van der Waals surface area contributed by atoms with Gasteiger partial charge in [-0.15, -0.1) is 23.2 Å². The third kappa shape index (κ3) is 6.10. The molecule has 12 heavy (non-hydrogen) atoms. The van der Waals surface area contributed by atoms with Gasteiger partial charge in [0, 0.05) is 12.5 Å². The Labute approximate surface area is 85.4 Å². The van der Waals surface area contributed by atoms with Crippen LogP contribution < -0.4 is 0 Å². The minimum atomic E-state index is -0.128. The van der Waals surface area contributed by atoms with Crippen molar-refractivity contribution in [2.24, 2.45) is 0 Å². The van der Waals surface area contributed by atoms with Gasteiger partial charge < -0.3 is 4.74 Å². The van der Waals surface area contributed by atoms with Crippen LogP contribution in [0.1, 0.15) is 26.2 Å². The molecule has 0 aliphatic heterocycles. The SMILES string of the molecule is [CH2]C(OCCCC)C(Cl)CCCl. The highest BCUT2D eigenvalue weighted by atomic mass is 35.5. The van der Waals surface area contributed by atoms with Crippen molar-refractivity contribution in [3.05, 3.63) is 6.92 Å². The third-order valence-electron chi connectivity index (χ3n) is 1.62. The maximum Gasteiger partial charge on any atom is 0.0739 e. The van der Waals surface area contributed by atoms with Crippen LogP contribution in [0.15, 0.2) is 0 Å². The van der Waals surface area contributed by atoms with Gasteiger partial charge in [0.1, 0.15) is 0 Å². The molecule has 2 atom stereocenters. The van der Waals surface area contributed by atoms with Gasteiger partial charge in [0.2, 0.25) is 0 Å². The summed E-state index contributed by atoms with van der Waals surface area (Å²) in [5.74, 6) is 0.567. The first-order valence-electron chi connectivity index (χ1n) is 4.37. The van der Waals surface area contributed by atoms with Crippen molar-refractivity contribution in [1.29, 1.82) is 0 Å². The molecule has 0 aromatic rings.